The summed E-state index contributed by atoms with van der Waals surface area (Å²) in [4.78, 5) is 12.0. The second-order valence-electron chi connectivity index (χ2n) is 2.96. The fraction of sp³-hybridized carbons (Fsp3) is 0.875. The maximum absolute atomic E-state index is 12.0. The number of hydrogen-bond donors (Lipinski definition) is 1. The van der Waals surface area contributed by atoms with Crippen molar-refractivity contribution in [2.45, 2.75) is 19.5 Å². The summed E-state index contributed by atoms with van der Waals surface area (Å²) in [7, 11) is 1.52. The van der Waals surface area contributed by atoms with Gasteiger partial charge in [0.25, 0.3) is 0 Å². The molecule has 0 saturated heterocycles. The van der Waals surface area contributed by atoms with E-state index in [0.717, 1.165) is 4.90 Å². The first-order valence-corrected chi connectivity index (χ1v) is 4.39. The van der Waals surface area contributed by atoms with E-state index < -0.39 is 18.6 Å². The molecule has 3 nitrogen and oxygen atoms in total. The SMILES string of the molecule is CCCN(CC(F)(F)F)C(=O)CNC. The van der Waals surface area contributed by atoms with Crippen LogP contribution in [0.4, 0.5) is 13.2 Å². The molecule has 0 saturated carbocycles. The summed E-state index contributed by atoms with van der Waals surface area (Å²) in [6.07, 6.45) is -3.80. The third-order valence-corrected chi connectivity index (χ3v) is 1.54. The van der Waals surface area contributed by atoms with Gasteiger partial charge < -0.3 is 10.2 Å². The number of carbonyl (C=O) groups is 1. The average molecular weight is 212 g/mol. The Morgan fingerprint density at radius 1 is 1.43 bits per heavy atom. The number of rotatable bonds is 5. The number of nitrogens with one attached hydrogen (secondary N) is 1. The van der Waals surface area contributed by atoms with Gasteiger partial charge in [0.05, 0.1) is 6.54 Å². The Balaban J connectivity index is 4.21. The number of alkyl halides is 3. The van der Waals surface area contributed by atoms with E-state index >= 15 is 0 Å². The van der Waals surface area contributed by atoms with E-state index in [1.54, 1.807) is 6.92 Å². The lowest BCUT2D eigenvalue weighted by Gasteiger charge is -2.23. The van der Waals surface area contributed by atoms with E-state index in [2.05, 4.69) is 5.32 Å². The van der Waals surface area contributed by atoms with Gasteiger partial charge in [0.1, 0.15) is 6.54 Å². The highest BCUT2D eigenvalue weighted by molar-refractivity contribution is 5.78. The van der Waals surface area contributed by atoms with Crippen molar-refractivity contribution in [3.05, 3.63) is 0 Å². The minimum absolute atomic E-state index is 0.0594. The quantitative estimate of drug-likeness (QED) is 0.737. The molecule has 0 heterocycles. The number of likely N-dealkylation sites (N-methyl/N-ethyl adjacent to an activating group) is 1. The molecule has 0 bridgehead atoms. The molecule has 0 aromatic heterocycles. The Labute approximate surface area is 81.3 Å². The molecule has 0 spiro atoms. The average Bonchev–Trinajstić information content (AvgIpc) is 2.01. The second-order valence-corrected chi connectivity index (χ2v) is 2.96. The molecule has 0 radical (unpaired) electrons. The molecule has 0 aliphatic rings. The molecule has 0 unspecified atom stereocenters. The van der Waals surface area contributed by atoms with Crippen LogP contribution in [-0.2, 0) is 4.79 Å². The van der Waals surface area contributed by atoms with E-state index in [9.17, 15) is 18.0 Å². The Morgan fingerprint density at radius 3 is 2.36 bits per heavy atom. The topological polar surface area (TPSA) is 32.3 Å². The summed E-state index contributed by atoms with van der Waals surface area (Å²) >= 11 is 0. The number of carbonyl (C=O) groups excluding carboxylic acids is 1. The van der Waals surface area contributed by atoms with Crippen molar-refractivity contribution in [2.24, 2.45) is 0 Å². The zero-order chi connectivity index (χ0) is 11.2. The highest BCUT2D eigenvalue weighted by Crippen LogP contribution is 2.16. The lowest BCUT2D eigenvalue weighted by atomic mass is 10.3. The Kier molecular flexibility index (Phi) is 5.52. The maximum Gasteiger partial charge on any atom is 0.406 e. The van der Waals surface area contributed by atoms with Gasteiger partial charge in [0, 0.05) is 6.54 Å². The van der Waals surface area contributed by atoms with Gasteiger partial charge in [0.2, 0.25) is 5.91 Å². The van der Waals surface area contributed by atoms with Crippen molar-refractivity contribution in [1.29, 1.82) is 0 Å². The van der Waals surface area contributed by atoms with Crippen molar-refractivity contribution >= 4 is 5.91 Å². The van der Waals surface area contributed by atoms with Crippen molar-refractivity contribution in [1.82, 2.24) is 10.2 Å². The number of amides is 1. The molecule has 0 fully saturated rings. The van der Waals surface area contributed by atoms with Crippen LogP contribution in [0, 0.1) is 0 Å². The van der Waals surface area contributed by atoms with Crippen LogP contribution in [-0.4, -0.2) is 43.7 Å². The van der Waals surface area contributed by atoms with E-state index in [0.29, 0.717) is 6.42 Å². The standard InChI is InChI=1S/C8H15F3N2O/c1-3-4-13(6-8(9,10)11)7(14)5-12-2/h12H,3-6H2,1-2H3. The third kappa shape index (κ3) is 5.80. The molecule has 14 heavy (non-hydrogen) atoms. The molecule has 0 rings (SSSR count). The van der Waals surface area contributed by atoms with Gasteiger partial charge in [0.15, 0.2) is 0 Å². The minimum Gasteiger partial charge on any atom is -0.332 e. The van der Waals surface area contributed by atoms with Crippen LogP contribution in [0.1, 0.15) is 13.3 Å². The van der Waals surface area contributed by atoms with Gasteiger partial charge in [-0.2, -0.15) is 13.2 Å². The van der Waals surface area contributed by atoms with Crippen LogP contribution < -0.4 is 5.32 Å². The Morgan fingerprint density at radius 2 is 2.00 bits per heavy atom. The summed E-state index contributed by atoms with van der Waals surface area (Å²) in [5.41, 5.74) is 0. The molecule has 0 atom stereocenters. The lowest BCUT2D eigenvalue weighted by Crippen LogP contribution is -2.43. The maximum atomic E-state index is 12.0. The smallest absolute Gasteiger partial charge is 0.332 e. The van der Waals surface area contributed by atoms with Crippen LogP contribution in [0.2, 0.25) is 0 Å². The largest absolute Gasteiger partial charge is 0.406 e. The van der Waals surface area contributed by atoms with Gasteiger partial charge in [-0.05, 0) is 13.5 Å². The molecular formula is C8H15F3N2O. The molecule has 0 aliphatic carbocycles. The summed E-state index contributed by atoms with van der Waals surface area (Å²) in [5, 5.41) is 2.53. The molecule has 6 heteroatoms. The monoisotopic (exact) mass is 212 g/mol. The molecule has 0 aromatic rings. The zero-order valence-electron chi connectivity index (χ0n) is 8.32. The van der Waals surface area contributed by atoms with E-state index in [-0.39, 0.29) is 13.1 Å². The van der Waals surface area contributed by atoms with Gasteiger partial charge in [-0.1, -0.05) is 6.92 Å². The second kappa shape index (κ2) is 5.85. The molecule has 1 amide bonds. The Hall–Kier alpha value is -0.780. The first kappa shape index (κ1) is 13.2. The van der Waals surface area contributed by atoms with Crippen LogP contribution in [0.25, 0.3) is 0 Å². The van der Waals surface area contributed by atoms with Crippen molar-refractivity contribution in [3.63, 3.8) is 0 Å². The van der Waals surface area contributed by atoms with Crippen LogP contribution >= 0.6 is 0 Å². The highest BCUT2D eigenvalue weighted by Gasteiger charge is 2.32. The van der Waals surface area contributed by atoms with E-state index in [1.807, 2.05) is 0 Å². The number of nitrogens with zero attached hydrogens (tertiary/aromatic N) is 1. The van der Waals surface area contributed by atoms with Gasteiger partial charge >= 0.3 is 6.18 Å². The van der Waals surface area contributed by atoms with Crippen molar-refractivity contribution in [3.8, 4) is 0 Å². The molecule has 0 aromatic carbocycles. The van der Waals surface area contributed by atoms with Crippen molar-refractivity contribution in [2.75, 3.05) is 26.7 Å². The summed E-state index contributed by atoms with van der Waals surface area (Å²) in [6, 6.07) is 0. The molecule has 1 N–H and O–H groups in total. The molecular weight excluding hydrogens is 197 g/mol. The lowest BCUT2D eigenvalue weighted by molar-refractivity contribution is -0.160. The normalized spacial score (nSPS) is 11.5. The van der Waals surface area contributed by atoms with E-state index in [4.69, 9.17) is 0 Å². The predicted octanol–water partition coefficient (Wildman–Crippen LogP) is 1.01. The summed E-state index contributed by atoms with van der Waals surface area (Å²) in [5.74, 6) is -0.522. The fourth-order valence-corrected chi connectivity index (χ4v) is 1.04. The van der Waals surface area contributed by atoms with Crippen LogP contribution in [0.3, 0.4) is 0 Å². The van der Waals surface area contributed by atoms with Crippen molar-refractivity contribution < 1.29 is 18.0 Å². The van der Waals surface area contributed by atoms with Crippen LogP contribution in [0.15, 0.2) is 0 Å². The van der Waals surface area contributed by atoms with Gasteiger partial charge in [-0.3, -0.25) is 4.79 Å². The Bertz CT molecular complexity index is 182. The minimum atomic E-state index is -4.32. The van der Waals surface area contributed by atoms with Gasteiger partial charge in [-0.25, -0.2) is 0 Å². The predicted molar refractivity (Wildman–Crippen MR) is 46.9 cm³/mol. The summed E-state index contributed by atoms with van der Waals surface area (Å²) < 4.78 is 36.0. The van der Waals surface area contributed by atoms with E-state index in [1.165, 1.54) is 7.05 Å². The van der Waals surface area contributed by atoms with Gasteiger partial charge in [-0.15, -0.1) is 0 Å². The first-order chi connectivity index (χ1) is 6.40. The number of hydrogen-bond acceptors (Lipinski definition) is 2. The first-order valence-electron chi connectivity index (χ1n) is 4.39. The molecule has 0 aliphatic heterocycles. The third-order valence-electron chi connectivity index (χ3n) is 1.54. The fourth-order valence-electron chi connectivity index (χ4n) is 1.04. The summed E-state index contributed by atoms with van der Waals surface area (Å²) in [6.45, 7) is 0.646. The zero-order valence-corrected chi connectivity index (χ0v) is 8.32. The molecule has 84 valence electrons. The van der Waals surface area contributed by atoms with Crippen LogP contribution in [0.5, 0.6) is 0 Å². The highest BCUT2D eigenvalue weighted by atomic mass is 19.4. The number of halogens is 3.